The van der Waals surface area contributed by atoms with Gasteiger partial charge in [0.2, 0.25) is 0 Å². The van der Waals surface area contributed by atoms with Crippen LogP contribution < -0.4 is 10.7 Å². The summed E-state index contributed by atoms with van der Waals surface area (Å²) in [5.74, 6) is -0.372. The highest BCUT2D eigenvalue weighted by Gasteiger charge is 2.22. The second-order valence-corrected chi connectivity index (χ2v) is 12.3. The van der Waals surface area contributed by atoms with Crippen LogP contribution in [0, 0.1) is 27.7 Å². The van der Waals surface area contributed by atoms with Crippen molar-refractivity contribution in [1.29, 1.82) is 0 Å². The Morgan fingerprint density at radius 3 is 2.16 bits per heavy atom. The number of ether oxygens (including phenoxy) is 3. The molecule has 1 aliphatic heterocycles. The molecule has 0 radical (unpaired) electrons. The Bertz CT molecular complexity index is 2250. The van der Waals surface area contributed by atoms with Gasteiger partial charge in [0.15, 0.2) is 0 Å². The van der Waals surface area contributed by atoms with E-state index in [1.54, 1.807) is 6.07 Å². The summed E-state index contributed by atoms with van der Waals surface area (Å²) in [5, 5.41) is 5.18. The van der Waals surface area contributed by atoms with E-state index in [1.165, 1.54) is 0 Å². The largest absolute Gasteiger partial charge is 0.460 e. The van der Waals surface area contributed by atoms with Crippen molar-refractivity contribution < 1.29 is 28.2 Å². The lowest BCUT2D eigenvalue weighted by molar-refractivity contribution is -0.139. The number of para-hydroxylation sites is 2. The van der Waals surface area contributed by atoms with Crippen molar-refractivity contribution in [3.05, 3.63) is 143 Å². The fourth-order valence-corrected chi connectivity index (χ4v) is 6.10. The van der Waals surface area contributed by atoms with Gasteiger partial charge >= 0.3 is 11.9 Å². The van der Waals surface area contributed by atoms with Gasteiger partial charge in [-0.25, -0.2) is 14.6 Å². The summed E-state index contributed by atoms with van der Waals surface area (Å²) in [5.41, 5.74) is 10.7. The van der Waals surface area contributed by atoms with Gasteiger partial charge in [-0.3, -0.25) is 0 Å². The lowest BCUT2D eigenvalue weighted by atomic mass is 9.90. The SMILES string of the molecule is C=CC(=O)OCCOCCOC(=O)c1ccccc1-c1c2ccc(=Nc3c(C)cccc3C)cc-2oc2cc(Nc3c(C)cccc3C)ccc12. The van der Waals surface area contributed by atoms with Crippen LogP contribution in [0.3, 0.4) is 0 Å². The van der Waals surface area contributed by atoms with E-state index < -0.39 is 11.9 Å². The van der Waals surface area contributed by atoms with Crippen LogP contribution in [0.5, 0.6) is 0 Å². The number of rotatable bonds is 12. The summed E-state index contributed by atoms with van der Waals surface area (Å²) < 4.78 is 22.7. The Hall–Kier alpha value is -5.99. The lowest BCUT2D eigenvalue weighted by Crippen LogP contribution is -2.14. The number of aryl methyl sites for hydroxylation is 4. The molecule has 0 spiro atoms. The molecular formula is C43H40N2O6. The Balaban J connectivity index is 1.41. The van der Waals surface area contributed by atoms with Crippen molar-refractivity contribution in [2.75, 3.05) is 31.7 Å². The van der Waals surface area contributed by atoms with Crippen molar-refractivity contribution >= 4 is 40.0 Å². The van der Waals surface area contributed by atoms with E-state index in [0.29, 0.717) is 22.5 Å². The third-order valence-electron chi connectivity index (χ3n) is 8.65. The van der Waals surface area contributed by atoms with Crippen LogP contribution >= 0.6 is 0 Å². The number of anilines is 2. The lowest BCUT2D eigenvalue weighted by Gasteiger charge is -2.19. The molecule has 4 aromatic carbocycles. The maximum Gasteiger partial charge on any atom is 0.338 e. The maximum absolute atomic E-state index is 13.6. The Kier molecular flexibility index (Phi) is 10.7. The number of hydrogen-bond acceptors (Lipinski definition) is 8. The molecule has 4 aromatic rings. The maximum atomic E-state index is 13.6. The third-order valence-corrected chi connectivity index (χ3v) is 8.65. The van der Waals surface area contributed by atoms with Crippen LogP contribution in [0.4, 0.5) is 17.1 Å². The minimum atomic E-state index is -0.517. The fourth-order valence-electron chi connectivity index (χ4n) is 6.10. The number of esters is 2. The number of nitrogens with zero attached hydrogens (tertiary/aromatic N) is 1. The summed E-state index contributed by atoms with van der Waals surface area (Å²) in [6, 6.07) is 31.7. The van der Waals surface area contributed by atoms with E-state index in [1.807, 2.05) is 66.7 Å². The molecule has 8 nitrogen and oxygen atoms in total. The van der Waals surface area contributed by atoms with Crippen LogP contribution in [0.1, 0.15) is 32.6 Å². The summed E-state index contributed by atoms with van der Waals surface area (Å²) in [4.78, 5) is 29.8. The summed E-state index contributed by atoms with van der Waals surface area (Å²) in [6.07, 6.45) is 1.09. The molecule has 258 valence electrons. The van der Waals surface area contributed by atoms with Crippen LogP contribution in [0.25, 0.3) is 33.4 Å². The van der Waals surface area contributed by atoms with Gasteiger partial charge in [0.1, 0.15) is 24.6 Å². The molecule has 2 aliphatic rings. The van der Waals surface area contributed by atoms with E-state index in [2.05, 4.69) is 63.9 Å². The molecule has 0 saturated heterocycles. The Labute approximate surface area is 297 Å². The van der Waals surface area contributed by atoms with Crippen molar-refractivity contribution in [2.24, 2.45) is 4.99 Å². The van der Waals surface area contributed by atoms with E-state index in [0.717, 1.165) is 67.3 Å². The molecule has 0 atom stereocenters. The molecule has 1 heterocycles. The molecular weight excluding hydrogens is 640 g/mol. The molecule has 0 fully saturated rings. The standard InChI is InChI=1S/C43H40N2O6/c1-6-39(46)49-23-21-48-22-24-50-43(47)34-16-8-7-15-33(34)40-35-19-17-31(44-41-27(2)11-9-12-28(41)3)25-37(35)51-38-26-32(18-20-36(38)40)45-42-29(4)13-10-14-30(42)5/h6-20,25-26,44H,1,21-24H2,2-5H3. The molecule has 1 aliphatic carbocycles. The van der Waals surface area contributed by atoms with Crippen molar-refractivity contribution in [2.45, 2.75) is 27.7 Å². The number of hydrogen-bond donors (Lipinski definition) is 1. The van der Waals surface area contributed by atoms with Crippen molar-refractivity contribution in [3.8, 4) is 22.5 Å². The number of benzene rings is 5. The topological polar surface area (TPSA) is 99.4 Å². The van der Waals surface area contributed by atoms with E-state index >= 15 is 0 Å². The van der Waals surface area contributed by atoms with Gasteiger partial charge in [-0.05, 0) is 85.8 Å². The van der Waals surface area contributed by atoms with Gasteiger partial charge in [-0.2, -0.15) is 0 Å². The molecule has 1 N–H and O–H groups in total. The number of carbonyl (C=O) groups excluding carboxylic acids is 2. The molecule has 6 rings (SSSR count). The van der Waals surface area contributed by atoms with E-state index in [4.69, 9.17) is 23.6 Å². The minimum Gasteiger partial charge on any atom is -0.460 e. The van der Waals surface area contributed by atoms with Crippen LogP contribution in [-0.4, -0.2) is 38.4 Å². The molecule has 0 bridgehead atoms. The van der Waals surface area contributed by atoms with Crippen LogP contribution in [-0.2, 0) is 19.0 Å². The summed E-state index contributed by atoms with van der Waals surface area (Å²) in [7, 11) is 0. The molecule has 8 heteroatoms. The smallest absolute Gasteiger partial charge is 0.338 e. The van der Waals surface area contributed by atoms with Crippen LogP contribution in [0.2, 0.25) is 0 Å². The Morgan fingerprint density at radius 2 is 1.43 bits per heavy atom. The highest BCUT2D eigenvalue weighted by Crippen LogP contribution is 2.42. The normalized spacial score (nSPS) is 11.5. The van der Waals surface area contributed by atoms with Gasteiger partial charge in [0, 0.05) is 46.1 Å². The molecule has 0 amide bonds. The first-order chi connectivity index (χ1) is 24.7. The van der Waals surface area contributed by atoms with Crippen molar-refractivity contribution in [1.82, 2.24) is 0 Å². The second kappa shape index (κ2) is 15.7. The first kappa shape index (κ1) is 34.9. The zero-order chi connectivity index (χ0) is 35.9. The van der Waals surface area contributed by atoms with Gasteiger partial charge < -0.3 is 23.9 Å². The quantitative estimate of drug-likeness (QED) is 0.0595. The summed E-state index contributed by atoms with van der Waals surface area (Å²) in [6.45, 7) is 12.1. The Morgan fingerprint density at radius 1 is 0.745 bits per heavy atom. The average molecular weight is 681 g/mol. The van der Waals surface area contributed by atoms with Gasteiger partial charge in [0.25, 0.3) is 0 Å². The number of nitrogens with one attached hydrogen (secondary N) is 1. The molecule has 0 aromatic heterocycles. The minimum absolute atomic E-state index is 0.0325. The van der Waals surface area contributed by atoms with Gasteiger partial charge in [0.05, 0.1) is 29.8 Å². The molecule has 51 heavy (non-hydrogen) atoms. The van der Waals surface area contributed by atoms with E-state index in [-0.39, 0.29) is 26.4 Å². The van der Waals surface area contributed by atoms with Gasteiger partial charge in [-0.15, -0.1) is 0 Å². The zero-order valence-corrected chi connectivity index (χ0v) is 29.2. The van der Waals surface area contributed by atoms with Crippen molar-refractivity contribution in [3.63, 3.8) is 0 Å². The fraction of sp³-hybridized carbons (Fsp3) is 0.186. The molecule has 0 saturated carbocycles. The number of fused-ring (bicyclic) bond motifs is 2. The highest BCUT2D eigenvalue weighted by molar-refractivity contribution is 6.08. The monoisotopic (exact) mass is 680 g/mol. The number of carbonyl (C=O) groups is 2. The average Bonchev–Trinajstić information content (AvgIpc) is 3.13. The predicted octanol–water partition coefficient (Wildman–Crippen LogP) is 9.32. The molecule has 0 unspecified atom stereocenters. The van der Waals surface area contributed by atoms with E-state index in [9.17, 15) is 9.59 Å². The van der Waals surface area contributed by atoms with Crippen LogP contribution in [0.15, 0.2) is 119 Å². The second-order valence-electron chi connectivity index (χ2n) is 12.3. The first-order valence-corrected chi connectivity index (χ1v) is 16.8. The third kappa shape index (κ3) is 7.92. The zero-order valence-electron chi connectivity index (χ0n) is 29.2. The first-order valence-electron chi connectivity index (χ1n) is 16.8. The van der Waals surface area contributed by atoms with Gasteiger partial charge in [-0.1, -0.05) is 61.2 Å². The predicted molar refractivity (Wildman–Crippen MR) is 201 cm³/mol. The highest BCUT2D eigenvalue weighted by atomic mass is 16.6. The summed E-state index contributed by atoms with van der Waals surface area (Å²) >= 11 is 0.